The van der Waals surface area contributed by atoms with Crippen LogP contribution >= 0.6 is 0 Å². The van der Waals surface area contributed by atoms with Gasteiger partial charge in [0.15, 0.2) is 0 Å². The highest BCUT2D eigenvalue weighted by Crippen LogP contribution is 2.40. The number of hydrogen-bond acceptors (Lipinski definition) is 6. The maximum Gasteiger partial charge on any atom is 0.341 e. The summed E-state index contributed by atoms with van der Waals surface area (Å²) in [6.45, 7) is 11.5. The van der Waals surface area contributed by atoms with Crippen LogP contribution in [-0.4, -0.2) is 39.4 Å². The average molecular weight is 595 g/mol. The van der Waals surface area contributed by atoms with Crippen LogP contribution in [0.1, 0.15) is 50.0 Å². The van der Waals surface area contributed by atoms with Crippen molar-refractivity contribution in [3.63, 3.8) is 0 Å². The molecule has 44 heavy (non-hydrogen) atoms. The SMILES string of the molecule is C=CCCC1CCC(c2ccc(-c3cc(-c4ccc(OC(=O)C(=C)COC)cc4)ccc3OC(=O)C(=C)COC)cc2)CC1. The maximum absolute atomic E-state index is 12.7. The van der Waals surface area contributed by atoms with Crippen molar-refractivity contribution in [2.75, 3.05) is 27.4 Å². The first-order chi connectivity index (χ1) is 21.3. The predicted molar refractivity (Wildman–Crippen MR) is 175 cm³/mol. The van der Waals surface area contributed by atoms with Gasteiger partial charge in [0.2, 0.25) is 0 Å². The van der Waals surface area contributed by atoms with Crippen LogP contribution in [0.5, 0.6) is 11.5 Å². The monoisotopic (exact) mass is 594 g/mol. The molecule has 3 aromatic rings. The van der Waals surface area contributed by atoms with E-state index in [-0.39, 0.29) is 24.4 Å². The Balaban J connectivity index is 1.57. The molecular formula is C38H42O6. The van der Waals surface area contributed by atoms with Crippen LogP contribution in [0.3, 0.4) is 0 Å². The van der Waals surface area contributed by atoms with E-state index in [1.54, 1.807) is 18.2 Å². The average Bonchev–Trinajstić information content (AvgIpc) is 3.05. The second-order valence-corrected chi connectivity index (χ2v) is 11.3. The molecule has 0 atom stereocenters. The lowest BCUT2D eigenvalue weighted by Crippen LogP contribution is -2.14. The van der Waals surface area contributed by atoms with Gasteiger partial charge in [-0.15, -0.1) is 6.58 Å². The number of ether oxygens (including phenoxy) is 4. The number of esters is 2. The fourth-order valence-corrected chi connectivity index (χ4v) is 5.63. The number of carbonyl (C=O) groups excluding carboxylic acids is 2. The van der Waals surface area contributed by atoms with E-state index in [9.17, 15) is 9.59 Å². The molecule has 0 N–H and O–H groups in total. The number of methoxy groups -OCH3 is 2. The number of rotatable bonds is 14. The molecule has 0 unspecified atom stereocenters. The lowest BCUT2D eigenvalue weighted by atomic mass is 9.77. The lowest BCUT2D eigenvalue weighted by Gasteiger charge is -2.28. The van der Waals surface area contributed by atoms with Gasteiger partial charge in [0.25, 0.3) is 0 Å². The van der Waals surface area contributed by atoms with Crippen molar-refractivity contribution in [3.8, 4) is 33.8 Å². The zero-order chi connectivity index (χ0) is 31.5. The first-order valence-corrected chi connectivity index (χ1v) is 15.1. The Morgan fingerprint density at radius 3 is 1.91 bits per heavy atom. The second-order valence-electron chi connectivity index (χ2n) is 11.3. The minimum absolute atomic E-state index is 0.0898. The Bertz CT molecular complexity index is 1460. The summed E-state index contributed by atoms with van der Waals surface area (Å²) >= 11 is 0. The molecule has 0 amide bonds. The van der Waals surface area contributed by atoms with Gasteiger partial charge >= 0.3 is 11.9 Å². The van der Waals surface area contributed by atoms with Crippen LogP contribution in [0.4, 0.5) is 0 Å². The van der Waals surface area contributed by atoms with Crippen LogP contribution in [-0.2, 0) is 19.1 Å². The Morgan fingerprint density at radius 1 is 0.750 bits per heavy atom. The fourth-order valence-electron chi connectivity index (χ4n) is 5.63. The van der Waals surface area contributed by atoms with Crippen molar-refractivity contribution in [3.05, 3.63) is 109 Å². The third-order valence-electron chi connectivity index (χ3n) is 8.11. The molecule has 0 spiro atoms. The molecule has 0 bridgehead atoms. The highest BCUT2D eigenvalue weighted by molar-refractivity contribution is 5.92. The van der Waals surface area contributed by atoms with Crippen molar-refractivity contribution in [2.45, 2.75) is 44.4 Å². The molecule has 1 aliphatic rings. The third kappa shape index (κ3) is 8.65. The van der Waals surface area contributed by atoms with Crippen molar-refractivity contribution < 1.29 is 28.5 Å². The minimum Gasteiger partial charge on any atom is -0.423 e. The zero-order valence-electron chi connectivity index (χ0n) is 25.8. The number of carbonyl (C=O) groups is 2. The van der Waals surface area contributed by atoms with Crippen LogP contribution in [0, 0.1) is 5.92 Å². The smallest absolute Gasteiger partial charge is 0.341 e. The zero-order valence-corrected chi connectivity index (χ0v) is 25.8. The van der Waals surface area contributed by atoms with E-state index < -0.39 is 11.9 Å². The Morgan fingerprint density at radius 2 is 1.32 bits per heavy atom. The molecule has 230 valence electrons. The topological polar surface area (TPSA) is 71.1 Å². The molecular weight excluding hydrogens is 552 g/mol. The molecule has 6 heteroatoms. The number of benzene rings is 3. The standard InChI is InChI=1S/C38H42O6/c1-6-7-8-28-9-11-29(12-10-28)30-13-15-32(16-14-30)35-23-33(19-22-36(35)44-38(40)27(3)25-42-5)31-17-20-34(21-18-31)43-37(39)26(2)24-41-4/h6,13-23,28-29H,1-3,7-12,24-25H2,4-5H3. The summed E-state index contributed by atoms with van der Waals surface area (Å²) in [5.41, 5.74) is 5.37. The van der Waals surface area contributed by atoms with Crippen LogP contribution in [0.15, 0.2) is 104 Å². The van der Waals surface area contributed by atoms with Gasteiger partial charge in [-0.2, -0.15) is 0 Å². The van der Waals surface area contributed by atoms with Crippen LogP contribution in [0.2, 0.25) is 0 Å². The van der Waals surface area contributed by atoms with Crippen molar-refractivity contribution in [1.82, 2.24) is 0 Å². The quantitative estimate of drug-likeness (QED) is 0.0807. The summed E-state index contributed by atoms with van der Waals surface area (Å²) in [4.78, 5) is 24.9. The van der Waals surface area contributed by atoms with Crippen LogP contribution < -0.4 is 9.47 Å². The Hall–Kier alpha value is -4.26. The van der Waals surface area contributed by atoms with E-state index in [0.29, 0.717) is 17.4 Å². The van der Waals surface area contributed by atoms with Gasteiger partial charge in [0.1, 0.15) is 11.5 Å². The molecule has 0 aromatic heterocycles. The third-order valence-corrected chi connectivity index (χ3v) is 8.11. The molecule has 6 nitrogen and oxygen atoms in total. The first kappa shape index (κ1) is 32.6. The summed E-state index contributed by atoms with van der Waals surface area (Å²) in [5.74, 6) is 1.13. The van der Waals surface area contributed by atoms with Gasteiger partial charge in [0.05, 0.1) is 24.4 Å². The summed E-state index contributed by atoms with van der Waals surface area (Å²) in [5, 5.41) is 0. The molecule has 1 fully saturated rings. The highest BCUT2D eigenvalue weighted by atomic mass is 16.5. The van der Waals surface area contributed by atoms with E-state index in [0.717, 1.165) is 34.6 Å². The van der Waals surface area contributed by atoms with Gasteiger partial charge in [-0.3, -0.25) is 0 Å². The lowest BCUT2D eigenvalue weighted by molar-refractivity contribution is -0.131. The summed E-state index contributed by atoms with van der Waals surface area (Å²) in [7, 11) is 3.01. The maximum atomic E-state index is 12.7. The Kier molecular flexibility index (Phi) is 11.9. The van der Waals surface area contributed by atoms with Gasteiger partial charge in [-0.05, 0) is 96.9 Å². The van der Waals surface area contributed by atoms with E-state index >= 15 is 0 Å². The molecule has 1 saturated carbocycles. The Labute approximate surface area is 261 Å². The first-order valence-electron chi connectivity index (χ1n) is 15.1. The molecule has 4 rings (SSSR count). The van der Waals surface area contributed by atoms with Gasteiger partial charge in [-0.25, -0.2) is 9.59 Å². The summed E-state index contributed by atoms with van der Waals surface area (Å²) < 4.78 is 21.2. The summed E-state index contributed by atoms with van der Waals surface area (Å²) in [6.07, 6.45) is 9.27. The van der Waals surface area contributed by atoms with Gasteiger partial charge < -0.3 is 18.9 Å². The van der Waals surface area contributed by atoms with E-state index in [1.165, 1.54) is 51.9 Å². The molecule has 0 saturated heterocycles. The fraction of sp³-hybridized carbons (Fsp3) is 0.316. The molecule has 1 aliphatic carbocycles. The van der Waals surface area contributed by atoms with E-state index in [1.807, 2.05) is 30.3 Å². The van der Waals surface area contributed by atoms with Crippen molar-refractivity contribution in [1.29, 1.82) is 0 Å². The van der Waals surface area contributed by atoms with Crippen LogP contribution in [0.25, 0.3) is 22.3 Å². The van der Waals surface area contributed by atoms with Gasteiger partial charge in [0, 0.05) is 19.8 Å². The largest absolute Gasteiger partial charge is 0.423 e. The van der Waals surface area contributed by atoms with Gasteiger partial charge in [-0.1, -0.05) is 61.7 Å². The normalized spacial score (nSPS) is 16.1. The number of hydrogen-bond donors (Lipinski definition) is 0. The number of allylic oxidation sites excluding steroid dienone is 1. The molecule has 0 aliphatic heterocycles. The molecule has 0 radical (unpaired) electrons. The van der Waals surface area contributed by atoms with E-state index in [4.69, 9.17) is 18.9 Å². The summed E-state index contributed by atoms with van der Waals surface area (Å²) in [6, 6.07) is 21.5. The second kappa shape index (κ2) is 16.0. The molecule has 3 aromatic carbocycles. The molecule has 0 heterocycles. The highest BCUT2D eigenvalue weighted by Gasteiger charge is 2.22. The van der Waals surface area contributed by atoms with Crippen molar-refractivity contribution in [2.24, 2.45) is 5.92 Å². The van der Waals surface area contributed by atoms with Crippen molar-refractivity contribution >= 4 is 11.9 Å². The predicted octanol–water partition coefficient (Wildman–Crippen LogP) is 8.48. The van der Waals surface area contributed by atoms with E-state index in [2.05, 4.69) is 44.0 Å². The minimum atomic E-state index is -0.535.